The van der Waals surface area contributed by atoms with Crippen LogP contribution in [0, 0.1) is 41.4 Å². The van der Waals surface area contributed by atoms with E-state index < -0.39 is 172 Å². The van der Waals surface area contributed by atoms with E-state index in [2.05, 4.69) is 40.9 Å². The van der Waals surface area contributed by atoms with Crippen molar-refractivity contribution in [2.45, 2.75) is 253 Å². The average Bonchev–Trinajstić information content (AvgIpc) is 1.58. The number of nitrogens with zero attached hydrogens (tertiary/aromatic N) is 6. The van der Waals surface area contributed by atoms with Crippen LogP contribution in [0.5, 0.6) is 29.1 Å². The topological polar surface area (TPSA) is 400 Å². The zero-order valence-electron chi connectivity index (χ0n) is 70.4. The first-order chi connectivity index (χ1) is 56.8. The van der Waals surface area contributed by atoms with E-state index in [0.29, 0.717) is 97.5 Å². The first kappa shape index (κ1) is 88.7. The number of carbonyl (C=O) groups is 8. The van der Waals surface area contributed by atoms with Crippen LogP contribution in [0.25, 0.3) is 33.1 Å². The number of aromatic nitrogens is 4. The molecule has 4 aliphatic heterocycles. The number of benzene rings is 3. The van der Waals surface area contributed by atoms with Crippen molar-refractivity contribution in [3.8, 4) is 40.5 Å². The standard InChI is InChI=1S/C85H109F3N12O19S2/c1-46(2)115-55-29-27-51(28-30-55)67-89-62-37-56(113-13)31-32-61(62)70(92-67)116-57-38-63-68(101)94-84(43-53(84)24-18-16-22-48(4)36-50(6)66(74(104)99(63)44-57)91-78(108)119-80(9,10)85(86,87)88)76(106)98-121(111,112)82(12)41-54(82)40-79(7,8)118-77(107)90-65-49(5)35-47(3)21-15-17-23-52-42-83(52,75(105)97-120(109,110)81(11)33-34-81)93-69(102)64-39-58(45-100(64)73(65)103)117-72-60-26-20-19-25-59(60)71(114-14)95-96-72/h17-20,23-32,37,46-50,52-54,57-58,63-66H,15-16,21-22,33-36,38-45H2,1-14H3,(H,90,107)(H,91,108)(H,93,102)(H,94,101)(H,97,105)(H,98,106). The Kier molecular flexibility index (Phi) is 24.6. The van der Waals surface area contributed by atoms with E-state index in [1.54, 1.807) is 113 Å². The van der Waals surface area contributed by atoms with Crippen molar-refractivity contribution in [3.05, 3.63) is 91.0 Å². The number of fused-ring (bicyclic) bond motifs is 6. The summed E-state index contributed by atoms with van der Waals surface area (Å²) in [5, 5.41) is 20.9. The second-order valence-electron chi connectivity index (χ2n) is 36.2. The molecule has 16 atom stereocenters. The van der Waals surface area contributed by atoms with Crippen LogP contribution in [0.2, 0.25) is 0 Å². The molecule has 0 radical (unpaired) electrons. The van der Waals surface area contributed by atoms with Crippen LogP contribution in [0.4, 0.5) is 22.8 Å². The minimum absolute atomic E-state index is 0.0244. The van der Waals surface area contributed by atoms with Crippen LogP contribution in [-0.2, 0) is 58.3 Å². The summed E-state index contributed by atoms with van der Waals surface area (Å²) in [5.74, 6) is -7.66. The number of sulfonamides is 2. The Hall–Kier alpha value is -10.1. The molecule has 6 fully saturated rings. The number of rotatable bonds is 21. The molecule has 2 saturated heterocycles. The van der Waals surface area contributed by atoms with Gasteiger partial charge in [-0.15, -0.1) is 10.2 Å². The monoisotopic (exact) mass is 1720 g/mol. The van der Waals surface area contributed by atoms with Crippen LogP contribution < -0.4 is 54.4 Å². The van der Waals surface area contributed by atoms with E-state index in [1.165, 1.54) is 33.0 Å². The number of ether oxygens (including phenoxy) is 7. The lowest BCUT2D eigenvalue weighted by atomic mass is 9.88. The quantitative estimate of drug-likeness (QED) is 0.0372. The highest BCUT2D eigenvalue weighted by molar-refractivity contribution is 7.92. The lowest BCUT2D eigenvalue weighted by molar-refractivity contribution is -0.244. The predicted octanol–water partition coefficient (Wildman–Crippen LogP) is 10.1. The van der Waals surface area contributed by atoms with Gasteiger partial charge in [-0.3, -0.25) is 38.2 Å². The average molecular weight is 1720 g/mol. The fourth-order valence-corrected chi connectivity index (χ4v) is 20.2. The number of methoxy groups -OCH3 is 2. The van der Waals surface area contributed by atoms with Gasteiger partial charge in [0.1, 0.15) is 64.6 Å². The molecule has 4 aliphatic carbocycles. The highest BCUT2D eigenvalue weighted by Crippen LogP contribution is 2.55. The third kappa shape index (κ3) is 18.8. The van der Waals surface area contributed by atoms with Crippen LogP contribution >= 0.6 is 0 Å². The van der Waals surface area contributed by atoms with Crippen molar-refractivity contribution >= 4 is 89.4 Å². The Morgan fingerprint density at radius 1 is 0.612 bits per heavy atom. The minimum atomic E-state index is -5.02. The van der Waals surface area contributed by atoms with Crippen molar-refractivity contribution in [2.75, 3.05) is 27.3 Å². The molecule has 31 nitrogen and oxygen atoms in total. The molecule has 121 heavy (non-hydrogen) atoms. The smallest absolute Gasteiger partial charge is 0.427 e. The Bertz CT molecular complexity index is 5170. The lowest BCUT2D eigenvalue weighted by Gasteiger charge is -2.34. The first-order valence-electron chi connectivity index (χ1n) is 41.4. The third-order valence-corrected chi connectivity index (χ3v) is 29.6. The molecular formula is C85H109F3N12O19S2. The number of nitrogens with one attached hydrogen (secondary N) is 6. The van der Waals surface area contributed by atoms with Crippen molar-refractivity contribution in [3.63, 3.8) is 0 Å². The van der Waals surface area contributed by atoms with Gasteiger partial charge < -0.3 is 64.2 Å². The molecule has 6 heterocycles. The molecule has 13 rings (SSSR count). The van der Waals surface area contributed by atoms with E-state index in [4.69, 9.17) is 43.1 Å². The Morgan fingerprint density at radius 2 is 1.11 bits per heavy atom. The molecule has 0 bridgehead atoms. The zero-order valence-corrected chi connectivity index (χ0v) is 72.1. The molecule has 656 valence electrons. The van der Waals surface area contributed by atoms with Crippen LogP contribution in [-0.4, -0.2) is 202 Å². The van der Waals surface area contributed by atoms with E-state index >= 15 is 32.4 Å². The molecule has 4 saturated carbocycles. The summed E-state index contributed by atoms with van der Waals surface area (Å²) in [7, 11) is -5.97. The molecule has 36 heteroatoms. The molecule has 8 amide bonds. The number of alkyl halides is 3. The number of alkyl carbamates (subject to hydrolysis) is 2. The maximum atomic E-state index is 15.7. The van der Waals surface area contributed by atoms with Gasteiger partial charge in [0.2, 0.25) is 66.9 Å². The highest BCUT2D eigenvalue weighted by Gasteiger charge is 2.67. The maximum Gasteiger partial charge on any atom is 0.427 e. The van der Waals surface area contributed by atoms with Gasteiger partial charge in [0.25, 0.3) is 11.8 Å². The Balaban J connectivity index is 0.739. The Labute approximate surface area is 701 Å². The summed E-state index contributed by atoms with van der Waals surface area (Å²) in [6.07, 6.45) is 0.0405. The number of carbonyl (C=O) groups excluding carboxylic acids is 8. The lowest BCUT2D eigenvalue weighted by Crippen LogP contribution is -2.60. The Morgan fingerprint density at radius 3 is 1.61 bits per heavy atom. The number of halogens is 3. The van der Waals surface area contributed by atoms with E-state index in [-0.39, 0.29) is 99.4 Å². The number of amides is 8. The van der Waals surface area contributed by atoms with Crippen molar-refractivity contribution in [2.24, 2.45) is 41.4 Å². The summed E-state index contributed by atoms with van der Waals surface area (Å²) in [4.78, 5) is 132. The van der Waals surface area contributed by atoms with Gasteiger partial charge in [-0.2, -0.15) is 18.2 Å². The molecule has 0 spiro atoms. The molecule has 6 N–H and O–H groups in total. The van der Waals surface area contributed by atoms with Crippen molar-refractivity contribution in [1.29, 1.82) is 0 Å². The SMILES string of the molecule is COc1ccc2c(OC3CC4C(=O)NC5(C(=O)NS(=O)(=O)C6(C)CC6CC(C)(C)OC(=O)NC6C(=O)N7CC(Oc8nnc(OC)c9ccccc89)CC7C(=O)NC7(C(=O)NS(=O)(=O)C8(C)CC8)CC7C=CCCC(C)CC6C)CC5C=CCCC(C)CC(C)C(NC(=O)OC(C)(C)C(F)(F)F)C(=O)N4C3)nc(-c3ccc(OC(C)C)cc3)nc2c1. The normalized spacial score (nSPS) is 29.6. The predicted molar refractivity (Wildman–Crippen MR) is 437 cm³/mol. The number of hydrogen-bond acceptors (Lipinski definition) is 23. The summed E-state index contributed by atoms with van der Waals surface area (Å²) < 4.78 is 143. The number of allylic oxidation sites excluding steroid dienone is 2. The first-order valence-corrected chi connectivity index (χ1v) is 44.3. The van der Waals surface area contributed by atoms with Gasteiger partial charge in [0.15, 0.2) is 5.82 Å². The van der Waals surface area contributed by atoms with Gasteiger partial charge in [0.05, 0.1) is 64.6 Å². The molecule has 5 aromatic rings. The summed E-state index contributed by atoms with van der Waals surface area (Å²) in [6.45, 7) is 17.9. The van der Waals surface area contributed by atoms with Crippen LogP contribution in [0.15, 0.2) is 91.0 Å². The second-order valence-corrected chi connectivity index (χ2v) is 40.5. The fourth-order valence-electron chi connectivity index (χ4n) is 17.3. The van der Waals surface area contributed by atoms with Gasteiger partial charge >= 0.3 is 18.4 Å². The van der Waals surface area contributed by atoms with Crippen LogP contribution in [0.1, 0.15) is 173 Å². The molecule has 2 aromatic heterocycles. The van der Waals surface area contributed by atoms with Gasteiger partial charge in [-0.25, -0.2) is 31.4 Å². The zero-order chi connectivity index (χ0) is 87.6. The molecular weight excluding hydrogens is 1610 g/mol. The summed E-state index contributed by atoms with van der Waals surface area (Å²) >= 11 is 0. The third-order valence-electron chi connectivity index (χ3n) is 25.3. The highest BCUT2D eigenvalue weighted by atomic mass is 32.2. The second kappa shape index (κ2) is 33.6. The van der Waals surface area contributed by atoms with Crippen molar-refractivity contribution in [1.82, 2.24) is 60.7 Å². The van der Waals surface area contributed by atoms with Crippen molar-refractivity contribution < 1.29 is 102 Å². The molecule has 8 aliphatic rings. The summed E-state index contributed by atoms with van der Waals surface area (Å²) in [5.41, 5.74) is -7.21. The van der Waals surface area contributed by atoms with Gasteiger partial charge in [-0.05, 0) is 211 Å². The van der Waals surface area contributed by atoms with Crippen LogP contribution in [0.3, 0.4) is 0 Å². The van der Waals surface area contributed by atoms with E-state index in [1.807, 2.05) is 33.8 Å². The van der Waals surface area contributed by atoms with E-state index in [9.17, 15) is 36.0 Å². The minimum Gasteiger partial charge on any atom is -0.497 e. The number of hydrogen-bond donors (Lipinski definition) is 6. The maximum absolute atomic E-state index is 15.7. The van der Waals surface area contributed by atoms with Gasteiger partial charge in [0, 0.05) is 36.3 Å². The van der Waals surface area contributed by atoms with E-state index in [0.717, 1.165) is 4.90 Å². The largest absolute Gasteiger partial charge is 0.497 e. The fraction of sp³-hybridized carbons (Fsp3) is 0.600. The molecule has 16 unspecified atom stereocenters. The van der Waals surface area contributed by atoms with Gasteiger partial charge in [-0.1, -0.05) is 64.1 Å². The summed E-state index contributed by atoms with van der Waals surface area (Å²) in [6, 6.07) is 13.2. The molecule has 3 aromatic carbocycles.